The highest BCUT2D eigenvalue weighted by atomic mass is 16.1. The number of hydrogen-bond acceptors (Lipinski definition) is 1. The van der Waals surface area contributed by atoms with Crippen LogP contribution < -0.4 is 5.32 Å². The van der Waals surface area contributed by atoms with E-state index in [-0.39, 0.29) is 5.91 Å². The van der Waals surface area contributed by atoms with Crippen molar-refractivity contribution >= 4 is 16.8 Å². The predicted octanol–water partition coefficient (Wildman–Crippen LogP) is 3.97. The van der Waals surface area contributed by atoms with Gasteiger partial charge in [0, 0.05) is 35.8 Å². The van der Waals surface area contributed by atoms with Gasteiger partial charge in [-0.25, -0.2) is 0 Å². The summed E-state index contributed by atoms with van der Waals surface area (Å²) in [6.07, 6.45) is 0. The van der Waals surface area contributed by atoms with E-state index in [4.69, 9.17) is 0 Å². The summed E-state index contributed by atoms with van der Waals surface area (Å²) in [6, 6.07) is 14.5. The van der Waals surface area contributed by atoms with Crippen LogP contribution in [0.2, 0.25) is 0 Å². The van der Waals surface area contributed by atoms with Gasteiger partial charge in [-0.3, -0.25) is 4.79 Å². The molecule has 0 atom stereocenters. The lowest BCUT2D eigenvalue weighted by Crippen LogP contribution is -2.17. The summed E-state index contributed by atoms with van der Waals surface area (Å²) in [4.78, 5) is 11.9. The Bertz CT molecular complexity index is 890. The van der Waals surface area contributed by atoms with Crippen LogP contribution in [0.25, 0.3) is 10.9 Å². The lowest BCUT2D eigenvalue weighted by atomic mass is 10.1. The van der Waals surface area contributed by atoms with Crippen molar-refractivity contribution in [2.75, 3.05) is 7.05 Å². The van der Waals surface area contributed by atoms with Crippen molar-refractivity contribution in [2.24, 2.45) is 0 Å². The van der Waals surface area contributed by atoms with Crippen LogP contribution in [-0.4, -0.2) is 17.5 Å². The van der Waals surface area contributed by atoms with Gasteiger partial charge in [0.15, 0.2) is 0 Å². The Balaban J connectivity index is 2.10. The van der Waals surface area contributed by atoms with Gasteiger partial charge < -0.3 is 9.88 Å². The molecule has 1 N–H and O–H groups in total. The smallest absolute Gasteiger partial charge is 0.251 e. The first-order chi connectivity index (χ1) is 11.0. The average molecular weight is 306 g/mol. The molecule has 3 aromatic rings. The Morgan fingerprint density at radius 2 is 1.87 bits per heavy atom. The van der Waals surface area contributed by atoms with Gasteiger partial charge in [0.25, 0.3) is 5.91 Å². The predicted molar refractivity (Wildman–Crippen MR) is 95.1 cm³/mol. The zero-order valence-electron chi connectivity index (χ0n) is 14.1. The summed E-state index contributed by atoms with van der Waals surface area (Å²) in [5.41, 5.74) is 6.93. The molecule has 118 valence electrons. The number of aryl methyl sites for hydroxylation is 2. The van der Waals surface area contributed by atoms with Crippen LogP contribution in [0.5, 0.6) is 0 Å². The highest BCUT2D eigenvalue weighted by Crippen LogP contribution is 2.27. The van der Waals surface area contributed by atoms with Crippen LogP contribution >= 0.6 is 0 Å². The van der Waals surface area contributed by atoms with Crippen molar-refractivity contribution in [1.29, 1.82) is 0 Å². The van der Waals surface area contributed by atoms with Gasteiger partial charge in [-0.2, -0.15) is 0 Å². The summed E-state index contributed by atoms with van der Waals surface area (Å²) in [6.45, 7) is 7.23. The summed E-state index contributed by atoms with van der Waals surface area (Å²) in [5.74, 6) is -0.0459. The maximum Gasteiger partial charge on any atom is 0.251 e. The first-order valence-corrected chi connectivity index (χ1v) is 7.88. The molecule has 0 aliphatic heterocycles. The number of amides is 1. The lowest BCUT2D eigenvalue weighted by Gasteiger charge is -2.10. The van der Waals surface area contributed by atoms with Crippen molar-refractivity contribution in [3.8, 4) is 0 Å². The molecule has 0 saturated carbocycles. The molecular formula is C20H22N2O. The molecule has 1 aromatic heterocycles. The summed E-state index contributed by atoms with van der Waals surface area (Å²) >= 11 is 0. The van der Waals surface area contributed by atoms with Crippen LogP contribution in [0.1, 0.15) is 32.7 Å². The van der Waals surface area contributed by atoms with E-state index >= 15 is 0 Å². The van der Waals surface area contributed by atoms with Gasteiger partial charge in [0.2, 0.25) is 0 Å². The number of nitrogens with zero attached hydrogens (tertiary/aromatic N) is 1. The lowest BCUT2D eigenvalue weighted by molar-refractivity contribution is 0.0963. The molecule has 1 amide bonds. The summed E-state index contributed by atoms with van der Waals surface area (Å²) < 4.78 is 2.33. The minimum Gasteiger partial charge on any atom is -0.355 e. The first kappa shape index (κ1) is 15.3. The van der Waals surface area contributed by atoms with Crippen LogP contribution in [0, 0.1) is 20.8 Å². The summed E-state index contributed by atoms with van der Waals surface area (Å²) in [5, 5.41) is 3.84. The van der Waals surface area contributed by atoms with E-state index in [0.29, 0.717) is 5.56 Å². The Labute approximate surface area is 136 Å². The normalized spacial score (nSPS) is 11.0. The molecule has 0 aliphatic carbocycles. The number of nitrogens with one attached hydrogen (secondary N) is 1. The van der Waals surface area contributed by atoms with Gasteiger partial charge in [-0.05, 0) is 50.1 Å². The molecule has 0 saturated heterocycles. The third-order valence-corrected chi connectivity index (χ3v) is 4.55. The fraction of sp³-hybridized carbons (Fsp3) is 0.250. The molecule has 0 radical (unpaired) electrons. The fourth-order valence-corrected chi connectivity index (χ4v) is 3.13. The van der Waals surface area contributed by atoms with E-state index in [9.17, 15) is 4.79 Å². The highest BCUT2D eigenvalue weighted by molar-refractivity contribution is 5.99. The molecule has 3 nitrogen and oxygen atoms in total. The van der Waals surface area contributed by atoms with E-state index in [2.05, 4.69) is 61.0 Å². The molecule has 0 fully saturated rings. The number of carbonyl (C=O) groups is 1. The molecule has 1 heterocycles. The fourth-order valence-electron chi connectivity index (χ4n) is 3.13. The Morgan fingerprint density at radius 1 is 1.09 bits per heavy atom. The van der Waals surface area contributed by atoms with E-state index in [1.807, 2.05) is 12.1 Å². The van der Waals surface area contributed by atoms with E-state index in [1.165, 1.54) is 27.9 Å². The second-order valence-corrected chi connectivity index (χ2v) is 6.10. The Hall–Kier alpha value is -2.55. The van der Waals surface area contributed by atoms with Crippen LogP contribution in [0.3, 0.4) is 0 Å². The van der Waals surface area contributed by atoms with E-state index in [1.54, 1.807) is 7.05 Å². The number of hydrogen-bond donors (Lipinski definition) is 1. The van der Waals surface area contributed by atoms with Crippen molar-refractivity contribution in [3.05, 3.63) is 70.4 Å². The third-order valence-electron chi connectivity index (χ3n) is 4.55. The number of benzene rings is 2. The Morgan fingerprint density at radius 3 is 2.57 bits per heavy atom. The highest BCUT2D eigenvalue weighted by Gasteiger charge is 2.13. The molecule has 3 rings (SSSR count). The zero-order chi connectivity index (χ0) is 16.6. The SMILES string of the molecule is CNC(=O)c1ccc2c(c1)c(C)c(C)n2Cc1cccc(C)c1. The van der Waals surface area contributed by atoms with Crippen molar-refractivity contribution < 1.29 is 4.79 Å². The standard InChI is InChI=1S/C20H22N2O/c1-13-6-5-7-16(10-13)12-22-15(3)14(2)18-11-17(20(23)21-4)8-9-19(18)22/h5-11H,12H2,1-4H3,(H,21,23). The van der Waals surface area contributed by atoms with Crippen LogP contribution in [-0.2, 0) is 6.54 Å². The van der Waals surface area contributed by atoms with Crippen LogP contribution in [0.15, 0.2) is 42.5 Å². The number of aromatic nitrogens is 1. The van der Waals surface area contributed by atoms with E-state index < -0.39 is 0 Å². The molecule has 23 heavy (non-hydrogen) atoms. The molecule has 0 spiro atoms. The summed E-state index contributed by atoms with van der Waals surface area (Å²) in [7, 11) is 1.66. The molecule has 0 aliphatic rings. The van der Waals surface area contributed by atoms with Gasteiger partial charge in [-0.15, -0.1) is 0 Å². The Kier molecular flexibility index (Phi) is 3.95. The van der Waals surface area contributed by atoms with Gasteiger partial charge >= 0.3 is 0 Å². The van der Waals surface area contributed by atoms with Gasteiger partial charge in [0.1, 0.15) is 0 Å². The number of rotatable bonds is 3. The number of carbonyl (C=O) groups excluding carboxylic acids is 1. The van der Waals surface area contributed by atoms with Gasteiger partial charge in [0.05, 0.1) is 0 Å². The monoisotopic (exact) mass is 306 g/mol. The zero-order valence-corrected chi connectivity index (χ0v) is 14.1. The van der Waals surface area contributed by atoms with Crippen LogP contribution in [0.4, 0.5) is 0 Å². The second-order valence-electron chi connectivity index (χ2n) is 6.10. The van der Waals surface area contributed by atoms with Crippen molar-refractivity contribution in [1.82, 2.24) is 9.88 Å². The second kappa shape index (κ2) is 5.92. The van der Waals surface area contributed by atoms with Gasteiger partial charge in [-0.1, -0.05) is 29.8 Å². The number of fused-ring (bicyclic) bond motifs is 1. The van der Waals surface area contributed by atoms with Crippen molar-refractivity contribution in [3.63, 3.8) is 0 Å². The first-order valence-electron chi connectivity index (χ1n) is 7.88. The largest absolute Gasteiger partial charge is 0.355 e. The maximum absolute atomic E-state index is 11.9. The topological polar surface area (TPSA) is 34.0 Å². The average Bonchev–Trinajstić information content (AvgIpc) is 2.79. The molecule has 3 heteroatoms. The third kappa shape index (κ3) is 2.74. The van der Waals surface area contributed by atoms with Crippen molar-refractivity contribution in [2.45, 2.75) is 27.3 Å². The van der Waals surface area contributed by atoms with E-state index in [0.717, 1.165) is 11.9 Å². The molecule has 0 unspecified atom stereocenters. The molecular weight excluding hydrogens is 284 g/mol. The minimum absolute atomic E-state index is 0.0459. The molecule has 2 aromatic carbocycles. The minimum atomic E-state index is -0.0459. The quantitative estimate of drug-likeness (QED) is 0.780. The molecule has 0 bridgehead atoms. The maximum atomic E-state index is 11.9.